The van der Waals surface area contributed by atoms with E-state index in [1.807, 2.05) is 0 Å². The number of hydrogen-bond donors (Lipinski definition) is 1. The summed E-state index contributed by atoms with van der Waals surface area (Å²) in [7, 11) is 0. The summed E-state index contributed by atoms with van der Waals surface area (Å²) in [6, 6.07) is 0. The second-order valence-electron chi connectivity index (χ2n) is 3.39. The summed E-state index contributed by atoms with van der Waals surface area (Å²) in [5, 5.41) is 0. The van der Waals surface area contributed by atoms with E-state index < -0.39 is 0 Å². The van der Waals surface area contributed by atoms with Crippen LogP contribution >= 0.6 is 12.6 Å². The van der Waals surface area contributed by atoms with E-state index >= 15 is 0 Å². The Balaban J connectivity index is 2.14. The van der Waals surface area contributed by atoms with Gasteiger partial charge in [0.2, 0.25) is 0 Å². The van der Waals surface area contributed by atoms with Gasteiger partial charge in [-0.15, -0.1) is 0 Å². The molecular weight excluding hydrogens is 180 g/mol. The summed E-state index contributed by atoms with van der Waals surface area (Å²) in [5.41, 5.74) is 0. The largest absolute Gasteiger partial charge is 0.301 e. The van der Waals surface area contributed by atoms with E-state index in [0.717, 1.165) is 12.3 Å². The Labute approximate surface area is 87.0 Å². The fourth-order valence-electron chi connectivity index (χ4n) is 1.59. The fraction of sp³-hybridized carbons (Fsp3) is 0.800. The highest BCUT2D eigenvalue weighted by Gasteiger charge is 2.13. The Bertz CT molecular complexity index is 151. The van der Waals surface area contributed by atoms with Crippen LogP contribution in [0.3, 0.4) is 0 Å². The molecule has 0 bridgehead atoms. The number of piperazine rings is 1. The summed E-state index contributed by atoms with van der Waals surface area (Å²) >= 11 is 4.13. The van der Waals surface area contributed by atoms with Crippen molar-refractivity contribution in [3.63, 3.8) is 0 Å². The minimum Gasteiger partial charge on any atom is -0.301 e. The number of rotatable bonds is 4. The molecule has 2 nitrogen and oxygen atoms in total. The third kappa shape index (κ3) is 4.16. The molecule has 0 aliphatic carbocycles. The highest BCUT2D eigenvalue weighted by atomic mass is 32.1. The van der Waals surface area contributed by atoms with Gasteiger partial charge in [-0.05, 0) is 6.54 Å². The maximum atomic E-state index is 4.13. The average molecular weight is 200 g/mol. The standard InChI is InChI=1S/C10H20N2S/c1-2-11-6-8-12(9-7-11)5-3-4-10-13/h3-4,13H,2,5-10H2,1H3. The van der Waals surface area contributed by atoms with Crippen LogP contribution < -0.4 is 0 Å². The Morgan fingerprint density at radius 1 is 1.08 bits per heavy atom. The molecule has 0 aromatic carbocycles. The zero-order valence-corrected chi connectivity index (χ0v) is 9.34. The van der Waals surface area contributed by atoms with Gasteiger partial charge in [0, 0.05) is 38.5 Å². The van der Waals surface area contributed by atoms with Crippen LogP contribution in [0.2, 0.25) is 0 Å². The molecule has 1 saturated heterocycles. The lowest BCUT2D eigenvalue weighted by atomic mass is 10.3. The summed E-state index contributed by atoms with van der Waals surface area (Å²) in [6.45, 7) is 9.40. The van der Waals surface area contributed by atoms with Crippen molar-refractivity contribution in [3.8, 4) is 0 Å². The van der Waals surface area contributed by atoms with Gasteiger partial charge in [-0.25, -0.2) is 0 Å². The molecule has 1 rings (SSSR count). The number of thiol groups is 1. The van der Waals surface area contributed by atoms with E-state index in [-0.39, 0.29) is 0 Å². The third-order valence-corrected chi connectivity index (χ3v) is 2.76. The molecule has 0 N–H and O–H groups in total. The molecule has 1 aliphatic rings. The van der Waals surface area contributed by atoms with E-state index in [2.05, 4.69) is 41.5 Å². The lowest BCUT2D eigenvalue weighted by molar-refractivity contribution is 0.148. The summed E-state index contributed by atoms with van der Waals surface area (Å²) in [6.07, 6.45) is 4.34. The van der Waals surface area contributed by atoms with E-state index in [1.165, 1.54) is 32.7 Å². The van der Waals surface area contributed by atoms with Crippen molar-refractivity contribution < 1.29 is 0 Å². The molecule has 13 heavy (non-hydrogen) atoms. The zero-order valence-electron chi connectivity index (χ0n) is 8.45. The minimum atomic E-state index is 0.856. The normalized spacial score (nSPS) is 21.4. The topological polar surface area (TPSA) is 6.48 Å². The fourth-order valence-corrected chi connectivity index (χ4v) is 1.74. The Kier molecular flexibility index (Phi) is 5.51. The van der Waals surface area contributed by atoms with Crippen molar-refractivity contribution in [1.82, 2.24) is 9.80 Å². The van der Waals surface area contributed by atoms with Gasteiger partial charge in [-0.3, -0.25) is 4.90 Å². The van der Waals surface area contributed by atoms with E-state index in [4.69, 9.17) is 0 Å². The highest BCUT2D eigenvalue weighted by Crippen LogP contribution is 2.00. The van der Waals surface area contributed by atoms with Gasteiger partial charge in [0.1, 0.15) is 0 Å². The van der Waals surface area contributed by atoms with Crippen LogP contribution in [0.4, 0.5) is 0 Å². The van der Waals surface area contributed by atoms with Gasteiger partial charge >= 0.3 is 0 Å². The van der Waals surface area contributed by atoms with Crippen molar-refractivity contribution >= 4 is 12.6 Å². The minimum absolute atomic E-state index is 0.856. The maximum absolute atomic E-state index is 4.13. The summed E-state index contributed by atoms with van der Waals surface area (Å²) in [4.78, 5) is 4.99. The molecular formula is C10H20N2S. The van der Waals surface area contributed by atoms with Crippen molar-refractivity contribution in [2.75, 3.05) is 45.0 Å². The second-order valence-corrected chi connectivity index (χ2v) is 3.75. The first-order valence-corrected chi connectivity index (χ1v) is 5.70. The predicted molar refractivity (Wildman–Crippen MR) is 61.5 cm³/mol. The molecule has 0 spiro atoms. The molecule has 3 heteroatoms. The Morgan fingerprint density at radius 2 is 1.69 bits per heavy atom. The van der Waals surface area contributed by atoms with Gasteiger partial charge in [0.05, 0.1) is 0 Å². The van der Waals surface area contributed by atoms with Crippen LogP contribution in [0, 0.1) is 0 Å². The van der Waals surface area contributed by atoms with Crippen molar-refractivity contribution in [2.24, 2.45) is 0 Å². The van der Waals surface area contributed by atoms with E-state index in [1.54, 1.807) is 0 Å². The van der Waals surface area contributed by atoms with Gasteiger partial charge < -0.3 is 4.90 Å². The second kappa shape index (κ2) is 6.46. The molecule has 0 atom stereocenters. The van der Waals surface area contributed by atoms with Crippen molar-refractivity contribution in [1.29, 1.82) is 0 Å². The summed E-state index contributed by atoms with van der Waals surface area (Å²) < 4.78 is 0. The van der Waals surface area contributed by atoms with Crippen LogP contribution in [0.15, 0.2) is 12.2 Å². The first-order valence-electron chi connectivity index (χ1n) is 5.07. The third-order valence-electron chi connectivity index (χ3n) is 2.55. The zero-order chi connectivity index (χ0) is 9.52. The predicted octanol–water partition coefficient (Wildman–Crippen LogP) is 1.11. The maximum Gasteiger partial charge on any atom is 0.0164 e. The Morgan fingerprint density at radius 3 is 2.23 bits per heavy atom. The molecule has 1 aliphatic heterocycles. The average Bonchev–Trinajstić information content (AvgIpc) is 2.19. The SMILES string of the molecule is CCN1CCN(CC=CCS)CC1. The van der Waals surface area contributed by atoms with Crippen LogP contribution in [0.5, 0.6) is 0 Å². The molecule has 76 valence electrons. The monoisotopic (exact) mass is 200 g/mol. The molecule has 0 amide bonds. The molecule has 0 radical (unpaired) electrons. The van der Waals surface area contributed by atoms with Gasteiger partial charge in [-0.1, -0.05) is 19.1 Å². The van der Waals surface area contributed by atoms with Crippen LogP contribution in [-0.4, -0.2) is 54.8 Å². The smallest absolute Gasteiger partial charge is 0.0164 e. The molecule has 0 aromatic rings. The lowest BCUT2D eigenvalue weighted by Crippen LogP contribution is -2.45. The van der Waals surface area contributed by atoms with Gasteiger partial charge in [0.15, 0.2) is 0 Å². The molecule has 0 unspecified atom stereocenters. The molecule has 1 heterocycles. The van der Waals surface area contributed by atoms with Gasteiger partial charge in [-0.2, -0.15) is 12.6 Å². The van der Waals surface area contributed by atoms with Crippen LogP contribution in [0.25, 0.3) is 0 Å². The quantitative estimate of drug-likeness (QED) is 0.536. The summed E-state index contributed by atoms with van der Waals surface area (Å²) in [5.74, 6) is 0.856. The molecule has 1 fully saturated rings. The first-order chi connectivity index (χ1) is 6.36. The highest BCUT2D eigenvalue weighted by molar-refractivity contribution is 7.80. The van der Waals surface area contributed by atoms with E-state index in [9.17, 15) is 0 Å². The molecule has 0 saturated carbocycles. The van der Waals surface area contributed by atoms with Gasteiger partial charge in [0.25, 0.3) is 0 Å². The van der Waals surface area contributed by atoms with Crippen LogP contribution in [-0.2, 0) is 0 Å². The van der Waals surface area contributed by atoms with Crippen LogP contribution in [0.1, 0.15) is 6.92 Å². The first kappa shape index (κ1) is 11.1. The number of hydrogen-bond acceptors (Lipinski definition) is 3. The Hall–Kier alpha value is 0.01000. The van der Waals surface area contributed by atoms with E-state index in [0.29, 0.717) is 0 Å². The van der Waals surface area contributed by atoms with Crippen molar-refractivity contribution in [3.05, 3.63) is 12.2 Å². The lowest BCUT2D eigenvalue weighted by Gasteiger charge is -2.33. The number of likely N-dealkylation sites (N-methyl/N-ethyl adjacent to an activating group) is 1. The number of nitrogens with zero attached hydrogens (tertiary/aromatic N) is 2. The van der Waals surface area contributed by atoms with Crippen molar-refractivity contribution in [2.45, 2.75) is 6.92 Å². The molecule has 0 aromatic heterocycles.